The smallest absolute Gasteiger partial charge is 0.271 e. The number of methoxy groups -OCH3 is 1. The molecule has 2 N–H and O–H groups in total. The highest BCUT2D eigenvalue weighted by molar-refractivity contribution is 7.18. The van der Waals surface area contributed by atoms with Gasteiger partial charge in [0.1, 0.15) is 17.1 Å². The topological polar surface area (TPSA) is 145 Å². The molecular formula is C21H21N5O6S. The first-order valence-corrected chi connectivity index (χ1v) is 11.1. The van der Waals surface area contributed by atoms with Crippen molar-refractivity contribution in [1.82, 2.24) is 14.9 Å². The Balaban J connectivity index is 1.41. The van der Waals surface area contributed by atoms with Crippen molar-refractivity contribution in [2.45, 2.75) is 32.2 Å². The molecule has 1 aliphatic rings. The lowest BCUT2D eigenvalue weighted by atomic mass is 9.97. The van der Waals surface area contributed by atoms with Crippen molar-refractivity contribution in [1.29, 1.82) is 0 Å². The highest BCUT2D eigenvalue weighted by Gasteiger charge is 2.21. The molecule has 0 fully saturated rings. The van der Waals surface area contributed by atoms with Crippen molar-refractivity contribution >= 4 is 44.7 Å². The number of aromatic nitrogens is 2. The fourth-order valence-electron chi connectivity index (χ4n) is 3.78. The molecule has 1 aromatic carbocycles. The van der Waals surface area contributed by atoms with E-state index in [0.717, 1.165) is 31.2 Å². The fourth-order valence-corrected chi connectivity index (χ4v) is 5.00. The van der Waals surface area contributed by atoms with Gasteiger partial charge in [-0.3, -0.25) is 29.1 Å². The highest BCUT2D eigenvalue weighted by Crippen LogP contribution is 2.33. The van der Waals surface area contributed by atoms with Crippen LogP contribution in [0.1, 0.15) is 23.3 Å². The molecule has 0 spiro atoms. The predicted octanol–water partition coefficient (Wildman–Crippen LogP) is 2.01. The third-order valence-corrected chi connectivity index (χ3v) is 6.57. The Morgan fingerprint density at radius 2 is 2.06 bits per heavy atom. The first-order chi connectivity index (χ1) is 15.9. The van der Waals surface area contributed by atoms with E-state index in [1.54, 1.807) is 0 Å². The molecule has 12 heteroatoms. The minimum atomic E-state index is -0.602. The lowest BCUT2D eigenvalue weighted by molar-refractivity contribution is -0.384. The van der Waals surface area contributed by atoms with Crippen LogP contribution in [-0.4, -0.2) is 39.9 Å². The van der Waals surface area contributed by atoms with E-state index >= 15 is 0 Å². The van der Waals surface area contributed by atoms with Crippen molar-refractivity contribution in [3.05, 3.63) is 55.4 Å². The van der Waals surface area contributed by atoms with Crippen molar-refractivity contribution in [2.24, 2.45) is 0 Å². The first-order valence-electron chi connectivity index (χ1n) is 10.3. The number of anilines is 1. The number of non-ortho nitro benzene ring substituents is 1. The van der Waals surface area contributed by atoms with Gasteiger partial charge < -0.3 is 15.4 Å². The fraction of sp³-hybridized carbons (Fsp3) is 0.333. The summed E-state index contributed by atoms with van der Waals surface area (Å²) >= 11 is 1.53. The molecule has 172 valence electrons. The van der Waals surface area contributed by atoms with Crippen LogP contribution in [0.15, 0.2) is 29.3 Å². The van der Waals surface area contributed by atoms with E-state index in [-0.39, 0.29) is 35.8 Å². The summed E-state index contributed by atoms with van der Waals surface area (Å²) in [7, 11) is 1.37. The van der Waals surface area contributed by atoms with Crippen LogP contribution in [0.25, 0.3) is 10.2 Å². The van der Waals surface area contributed by atoms with Crippen molar-refractivity contribution in [2.75, 3.05) is 19.0 Å². The van der Waals surface area contributed by atoms with Crippen LogP contribution >= 0.6 is 11.3 Å². The maximum Gasteiger partial charge on any atom is 0.271 e. The lowest BCUT2D eigenvalue weighted by Crippen LogP contribution is -2.37. The van der Waals surface area contributed by atoms with Crippen molar-refractivity contribution in [3.63, 3.8) is 0 Å². The van der Waals surface area contributed by atoms with E-state index in [4.69, 9.17) is 4.74 Å². The molecule has 3 aromatic rings. The first kappa shape index (κ1) is 22.4. The molecule has 0 saturated heterocycles. The number of hydrogen-bond acceptors (Lipinski definition) is 8. The van der Waals surface area contributed by atoms with Gasteiger partial charge in [0, 0.05) is 17.0 Å². The minimum absolute atomic E-state index is 0.110. The predicted molar refractivity (Wildman–Crippen MR) is 122 cm³/mol. The number of hydrogen-bond donors (Lipinski definition) is 2. The molecule has 2 amide bonds. The summed E-state index contributed by atoms with van der Waals surface area (Å²) in [4.78, 5) is 54.1. The monoisotopic (exact) mass is 471 g/mol. The zero-order chi connectivity index (χ0) is 23.5. The summed E-state index contributed by atoms with van der Waals surface area (Å²) in [6, 6.07) is 3.79. The molecular weight excluding hydrogens is 450 g/mol. The molecule has 0 aliphatic heterocycles. The molecule has 1 aliphatic carbocycles. The third kappa shape index (κ3) is 4.70. The van der Waals surface area contributed by atoms with E-state index in [9.17, 15) is 24.5 Å². The zero-order valence-electron chi connectivity index (χ0n) is 17.8. The summed E-state index contributed by atoms with van der Waals surface area (Å²) in [6.07, 6.45) is 5.25. The van der Waals surface area contributed by atoms with Gasteiger partial charge in [-0.2, -0.15) is 0 Å². The van der Waals surface area contributed by atoms with E-state index in [2.05, 4.69) is 15.6 Å². The molecule has 0 radical (unpaired) electrons. The number of rotatable bonds is 7. The molecule has 2 heterocycles. The Morgan fingerprint density at radius 3 is 2.82 bits per heavy atom. The minimum Gasteiger partial charge on any atom is -0.495 e. The largest absolute Gasteiger partial charge is 0.495 e. The Hall–Kier alpha value is -3.80. The van der Waals surface area contributed by atoms with Gasteiger partial charge in [-0.25, -0.2) is 4.98 Å². The molecule has 2 aromatic heterocycles. The maximum absolute atomic E-state index is 12.9. The summed E-state index contributed by atoms with van der Waals surface area (Å²) in [6.45, 7) is -0.664. The number of thiophene rings is 1. The van der Waals surface area contributed by atoms with E-state index in [1.807, 2.05) is 0 Å². The molecule has 0 saturated carbocycles. The third-order valence-electron chi connectivity index (χ3n) is 5.37. The van der Waals surface area contributed by atoms with Gasteiger partial charge in [0.25, 0.3) is 11.2 Å². The van der Waals surface area contributed by atoms with E-state index in [0.29, 0.717) is 10.2 Å². The summed E-state index contributed by atoms with van der Waals surface area (Å²) in [5, 5.41) is 16.5. The SMILES string of the molecule is COc1ccc([N+](=O)[O-])cc1NC(=O)CNC(=O)Cn1cnc2sc3c(c2c1=O)CCCC3. The van der Waals surface area contributed by atoms with Crippen LogP contribution < -0.4 is 20.9 Å². The standard InChI is InChI=1S/C21H21N5O6S/c1-32-15-7-6-12(26(30)31)8-14(15)24-17(27)9-22-18(28)10-25-11-23-20-19(21(25)29)13-4-2-3-5-16(13)33-20/h6-8,11H,2-5,9-10H2,1H3,(H,22,28)(H,24,27). The van der Waals surface area contributed by atoms with Gasteiger partial charge in [0.2, 0.25) is 11.8 Å². The number of nitro groups is 1. The molecule has 4 rings (SSSR count). The number of benzene rings is 1. The van der Waals surface area contributed by atoms with Crippen LogP contribution in [0, 0.1) is 10.1 Å². The molecule has 0 atom stereocenters. The Morgan fingerprint density at radius 1 is 1.27 bits per heavy atom. The number of carbonyl (C=O) groups is 2. The van der Waals surface area contributed by atoms with Crippen LogP contribution in [0.5, 0.6) is 5.75 Å². The van der Waals surface area contributed by atoms with Crippen LogP contribution in [0.3, 0.4) is 0 Å². The number of nitrogens with zero attached hydrogens (tertiary/aromatic N) is 3. The molecule has 0 unspecified atom stereocenters. The average molecular weight is 471 g/mol. The Labute approximate surface area is 191 Å². The molecule has 33 heavy (non-hydrogen) atoms. The normalized spacial score (nSPS) is 12.8. The molecule has 0 bridgehead atoms. The number of nitrogens with one attached hydrogen (secondary N) is 2. The van der Waals surface area contributed by atoms with Crippen LogP contribution in [0.4, 0.5) is 11.4 Å². The Kier molecular flexibility index (Phi) is 6.36. The van der Waals surface area contributed by atoms with Gasteiger partial charge in [-0.05, 0) is 37.3 Å². The van der Waals surface area contributed by atoms with Crippen LogP contribution in [-0.2, 0) is 29.0 Å². The molecule has 11 nitrogen and oxygen atoms in total. The van der Waals surface area contributed by atoms with Gasteiger partial charge in [-0.1, -0.05) is 0 Å². The zero-order valence-corrected chi connectivity index (χ0v) is 18.6. The highest BCUT2D eigenvalue weighted by atomic mass is 32.1. The second-order valence-electron chi connectivity index (χ2n) is 7.54. The van der Waals surface area contributed by atoms with Crippen molar-refractivity contribution in [3.8, 4) is 5.75 Å². The van der Waals surface area contributed by atoms with E-state index in [1.165, 1.54) is 52.4 Å². The number of amides is 2. The number of aryl methyl sites for hydroxylation is 2. The maximum atomic E-state index is 12.9. The van der Waals surface area contributed by atoms with Gasteiger partial charge in [-0.15, -0.1) is 11.3 Å². The number of carbonyl (C=O) groups excluding carboxylic acids is 2. The second-order valence-corrected chi connectivity index (χ2v) is 8.62. The number of ether oxygens (including phenoxy) is 1. The summed E-state index contributed by atoms with van der Waals surface area (Å²) < 4.78 is 6.33. The second kappa shape index (κ2) is 9.36. The Bertz CT molecular complexity index is 1310. The van der Waals surface area contributed by atoms with Gasteiger partial charge >= 0.3 is 0 Å². The van der Waals surface area contributed by atoms with Gasteiger partial charge in [0.05, 0.1) is 36.0 Å². The van der Waals surface area contributed by atoms with E-state index < -0.39 is 16.7 Å². The number of fused-ring (bicyclic) bond motifs is 3. The van der Waals surface area contributed by atoms with Crippen molar-refractivity contribution < 1.29 is 19.2 Å². The quantitative estimate of drug-likeness (QED) is 0.396. The lowest BCUT2D eigenvalue weighted by Gasteiger charge is -2.11. The van der Waals surface area contributed by atoms with Crippen LogP contribution in [0.2, 0.25) is 0 Å². The summed E-state index contributed by atoms with van der Waals surface area (Å²) in [5.41, 5.74) is 0.672. The summed E-state index contributed by atoms with van der Waals surface area (Å²) in [5.74, 6) is -0.899. The number of nitro benzene ring substituents is 1. The average Bonchev–Trinajstić information content (AvgIpc) is 3.19. The van der Waals surface area contributed by atoms with Gasteiger partial charge in [0.15, 0.2) is 0 Å².